The molecule has 1 aromatic heterocycles. The van der Waals surface area contributed by atoms with Gasteiger partial charge in [-0.15, -0.1) is 11.3 Å². The van der Waals surface area contributed by atoms with Gasteiger partial charge in [-0.1, -0.05) is 6.07 Å². The van der Waals surface area contributed by atoms with E-state index in [1.165, 1.54) is 53.5 Å². The highest BCUT2D eigenvalue weighted by Crippen LogP contribution is 2.25. The fourth-order valence-electron chi connectivity index (χ4n) is 1.58. The largest absolute Gasteiger partial charge is 0.465 e. The Balaban J connectivity index is 2.36. The summed E-state index contributed by atoms with van der Waals surface area (Å²) >= 11 is 1.17. The lowest BCUT2D eigenvalue weighted by Gasteiger charge is -2.08. The number of anilines is 1. The van der Waals surface area contributed by atoms with Gasteiger partial charge in [0, 0.05) is 10.8 Å². The summed E-state index contributed by atoms with van der Waals surface area (Å²) in [4.78, 5) is 11.5. The van der Waals surface area contributed by atoms with Crippen molar-refractivity contribution in [1.82, 2.24) is 0 Å². The SMILES string of the molecule is COC(=O)c1cscc1NS(=O)(=O)c1cccc(C#N)c1. The van der Waals surface area contributed by atoms with Gasteiger partial charge in [-0.25, -0.2) is 13.2 Å². The van der Waals surface area contributed by atoms with Crippen LogP contribution in [0.1, 0.15) is 15.9 Å². The van der Waals surface area contributed by atoms with Gasteiger partial charge in [0.25, 0.3) is 10.0 Å². The number of esters is 1. The molecule has 0 saturated heterocycles. The van der Waals surface area contributed by atoms with Crippen molar-refractivity contribution in [2.45, 2.75) is 4.90 Å². The predicted molar refractivity (Wildman–Crippen MR) is 77.6 cm³/mol. The van der Waals surface area contributed by atoms with Crippen molar-refractivity contribution in [2.24, 2.45) is 0 Å². The quantitative estimate of drug-likeness (QED) is 0.871. The Hall–Kier alpha value is -2.37. The zero-order valence-corrected chi connectivity index (χ0v) is 12.5. The monoisotopic (exact) mass is 322 g/mol. The molecule has 0 spiro atoms. The molecule has 0 bridgehead atoms. The molecule has 0 unspecified atom stereocenters. The van der Waals surface area contributed by atoms with Gasteiger partial charge in [-0.05, 0) is 18.2 Å². The Labute approximate surface area is 125 Å². The molecule has 0 amide bonds. The maximum absolute atomic E-state index is 12.3. The van der Waals surface area contributed by atoms with Crippen molar-refractivity contribution in [3.05, 3.63) is 46.2 Å². The maximum Gasteiger partial charge on any atom is 0.340 e. The molecule has 0 aliphatic carbocycles. The summed E-state index contributed by atoms with van der Waals surface area (Å²) in [5.41, 5.74) is 0.521. The van der Waals surface area contributed by atoms with Crippen LogP contribution in [-0.4, -0.2) is 21.5 Å². The molecule has 1 N–H and O–H groups in total. The number of hydrogen-bond donors (Lipinski definition) is 1. The molecule has 6 nitrogen and oxygen atoms in total. The van der Waals surface area contributed by atoms with Gasteiger partial charge in [0.15, 0.2) is 0 Å². The first-order valence-corrected chi connectivity index (χ1v) is 8.08. The summed E-state index contributed by atoms with van der Waals surface area (Å²) in [6, 6.07) is 7.48. The third kappa shape index (κ3) is 3.21. The summed E-state index contributed by atoms with van der Waals surface area (Å²) in [7, 11) is -2.67. The van der Waals surface area contributed by atoms with Crippen LogP contribution in [0.15, 0.2) is 39.9 Å². The van der Waals surface area contributed by atoms with Crippen LogP contribution in [0.2, 0.25) is 0 Å². The first-order chi connectivity index (χ1) is 9.97. The average molecular weight is 322 g/mol. The number of rotatable bonds is 4. The minimum atomic E-state index is -3.88. The van der Waals surface area contributed by atoms with E-state index in [9.17, 15) is 13.2 Å². The van der Waals surface area contributed by atoms with Gasteiger partial charge in [-0.3, -0.25) is 4.72 Å². The molecule has 1 heterocycles. The number of nitrogens with one attached hydrogen (secondary N) is 1. The summed E-state index contributed by atoms with van der Waals surface area (Å²) in [6.45, 7) is 0. The number of carbonyl (C=O) groups excluding carboxylic acids is 1. The number of nitrogens with zero attached hydrogens (tertiary/aromatic N) is 1. The van der Waals surface area contributed by atoms with E-state index in [1.807, 2.05) is 6.07 Å². The van der Waals surface area contributed by atoms with Crippen LogP contribution in [0.5, 0.6) is 0 Å². The number of nitriles is 1. The lowest BCUT2D eigenvalue weighted by Crippen LogP contribution is -2.15. The average Bonchev–Trinajstić information content (AvgIpc) is 2.94. The minimum absolute atomic E-state index is 0.0523. The number of sulfonamides is 1. The molecule has 0 radical (unpaired) electrons. The Morgan fingerprint density at radius 1 is 1.38 bits per heavy atom. The third-order valence-corrected chi connectivity index (χ3v) is 4.69. The van der Waals surface area contributed by atoms with E-state index >= 15 is 0 Å². The van der Waals surface area contributed by atoms with Crippen LogP contribution in [0.25, 0.3) is 0 Å². The lowest BCUT2D eigenvalue weighted by molar-refractivity contribution is 0.0602. The van der Waals surface area contributed by atoms with Crippen LogP contribution in [-0.2, 0) is 14.8 Å². The van der Waals surface area contributed by atoms with Crippen molar-refractivity contribution < 1.29 is 17.9 Å². The summed E-state index contributed by atoms with van der Waals surface area (Å²) in [5.74, 6) is -0.625. The number of carbonyl (C=O) groups is 1. The van der Waals surface area contributed by atoms with Crippen molar-refractivity contribution >= 4 is 33.0 Å². The topological polar surface area (TPSA) is 96.3 Å². The molecule has 21 heavy (non-hydrogen) atoms. The van der Waals surface area contributed by atoms with Crippen molar-refractivity contribution in [2.75, 3.05) is 11.8 Å². The molecular weight excluding hydrogens is 312 g/mol. The molecule has 0 fully saturated rings. The molecule has 8 heteroatoms. The van der Waals surface area contributed by atoms with Gasteiger partial charge in [-0.2, -0.15) is 5.26 Å². The number of hydrogen-bond acceptors (Lipinski definition) is 6. The highest BCUT2D eigenvalue weighted by molar-refractivity contribution is 7.92. The summed E-state index contributed by atoms with van der Waals surface area (Å²) in [5, 5.41) is 11.8. The smallest absolute Gasteiger partial charge is 0.340 e. The van der Waals surface area contributed by atoms with Crippen LogP contribution in [0, 0.1) is 11.3 Å². The fraction of sp³-hybridized carbons (Fsp3) is 0.0769. The predicted octanol–water partition coefficient (Wildman–Crippen LogP) is 2.21. The van der Waals surface area contributed by atoms with Crippen LogP contribution >= 0.6 is 11.3 Å². The number of benzene rings is 1. The zero-order valence-electron chi connectivity index (χ0n) is 10.9. The van der Waals surface area contributed by atoms with E-state index in [-0.39, 0.29) is 21.7 Å². The highest BCUT2D eigenvalue weighted by atomic mass is 32.2. The molecule has 1 aromatic carbocycles. The molecule has 0 atom stereocenters. The molecule has 2 aromatic rings. The molecule has 0 aliphatic rings. The number of thiophene rings is 1. The molecule has 108 valence electrons. The van der Waals surface area contributed by atoms with Crippen LogP contribution < -0.4 is 4.72 Å². The Bertz CT molecular complexity index is 819. The van der Waals surface area contributed by atoms with E-state index < -0.39 is 16.0 Å². The first kappa shape index (κ1) is 15.0. The zero-order chi connectivity index (χ0) is 15.5. The molecule has 0 aliphatic heterocycles. The van der Waals surface area contributed by atoms with Crippen molar-refractivity contribution in [3.8, 4) is 6.07 Å². The standard InChI is InChI=1S/C13H10N2O4S2/c1-19-13(16)11-7-20-8-12(11)15-21(17,18)10-4-2-3-9(5-10)6-14/h2-5,7-8,15H,1H3. The van der Waals surface area contributed by atoms with Gasteiger partial charge < -0.3 is 4.74 Å². The second-order valence-electron chi connectivity index (χ2n) is 3.94. The Morgan fingerprint density at radius 2 is 2.14 bits per heavy atom. The van der Waals surface area contributed by atoms with E-state index in [1.54, 1.807) is 0 Å². The Kier molecular flexibility index (Phi) is 4.26. The Morgan fingerprint density at radius 3 is 2.81 bits per heavy atom. The van der Waals surface area contributed by atoms with E-state index in [2.05, 4.69) is 9.46 Å². The molecule has 2 rings (SSSR count). The third-order valence-electron chi connectivity index (χ3n) is 2.59. The van der Waals surface area contributed by atoms with Gasteiger partial charge in [0.2, 0.25) is 0 Å². The molecule has 0 saturated carbocycles. The van der Waals surface area contributed by atoms with Crippen LogP contribution in [0.4, 0.5) is 5.69 Å². The molecular formula is C13H10N2O4S2. The number of ether oxygens (including phenoxy) is 1. The fourth-order valence-corrected chi connectivity index (χ4v) is 3.52. The van der Waals surface area contributed by atoms with E-state index in [0.717, 1.165) is 0 Å². The lowest BCUT2D eigenvalue weighted by atomic mass is 10.2. The van der Waals surface area contributed by atoms with E-state index in [4.69, 9.17) is 5.26 Å². The summed E-state index contributed by atoms with van der Waals surface area (Å²) in [6.07, 6.45) is 0. The van der Waals surface area contributed by atoms with E-state index in [0.29, 0.717) is 0 Å². The summed E-state index contributed by atoms with van der Waals surface area (Å²) < 4.78 is 31.4. The normalized spacial score (nSPS) is 10.7. The van der Waals surface area contributed by atoms with Gasteiger partial charge >= 0.3 is 5.97 Å². The van der Waals surface area contributed by atoms with Crippen molar-refractivity contribution in [3.63, 3.8) is 0 Å². The maximum atomic E-state index is 12.3. The first-order valence-electron chi connectivity index (χ1n) is 5.65. The second-order valence-corrected chi connectivity index (χ2v) is 6.36. The minimum Gasteiger partial charge on any atom is -0.465 e. The van der Waals surface area contributed by atoms with Crippen molar-refractivity contribution in [1.29, 1.82) is 5.26 Å². The van der Waals surface area contributed by atoms with Gasteiger partial charge in [0.1, 0.15) is 0 Å². The van der Waals surface area contributed by atoms with Crippen LogP contribution in [0.3, 0.4) is 0 Å². The number of methoxy groups -OCH3 is 1. The second kappa shape index (κ2) is 5.95. The highest BCUT2D eigenvalue weighted by Gasteiger charge is 2.20. The van der Waals surface area contributed by atoms with Gasteiger partial charge in [0.05, 0.1) is 34.9 Å².